The zero-order valence-electron chi connectivity index (χ0n) is 9.03. The number of hydrogen-bond donors (Lipinski definition) is 1. The number of aliphatic hydroxyl groups is 1. The molecule has 1 saturated heterocycles. The van der Waals surface area contributed by atoms with E-state index in [1.807, 2.05) is 18.7 Å². The van der Waals surface area contributed by atoms with E-state index in [4.69, 9.17) is 0 Å². The fraction of sp³-hybridized carbons (Fsp3) is 1.00. The lowest BCUT2D eigenvalue weighted by atomic mass is 9.85. The zero-order valence-corrected chi connectivity index (χ0v) is 9.84. The molecule has 1 fully saturated rings. The topological polar surface area (TPSA) is 23.5 Å². The lowest BCUT2D eigenvalue weighted by Gasteiger charge is -2.52. The predicted molar refractivity (Wildman–Crippen MR) is 59.2 cm³/mol. The quantitative estimate of drug-likeness (QED) is 0.748. The van der Waals surface area contributed by atoms with Crippen molar-refractivity contribution in [3.63, 3.8) is 0 Å². The number of thioether (sulfide) groups is 1. The van der Waals surface area contributed by atoms with E-state index in [-0.39, 0.29) is 6.10 Å². The molecule has 0 radical (unpaired) electrons. The van der Waals surface area contributed by atoms with Gasteiger partial charge in [-0.1, -0.05) is 0 Å². The minimum absolute atomic E-state index is 0.187. The van der Waals surface area contributed by atoms with Crippen LogP contribution in [0.25, 0.3) is 0 Å². The largest absolute Gasteiger partial charge is 0.392 e. The molecule has 0 aromatic heterocycles. The SMILES string of the molecule is CSCC1CN(C(C)C)C1C(C)O. The van der Waals surface area contributed by atoms with Gasteiger partial charge in [0.05, 0.1) is 6.10 Å². The van der Waals surface area contributed by atoms with Crippen LogP contribution in [0.5, 0.6) is 0 Å². The van der Waals surface area contributed by atoms with E-state index < -0.39 is 0 Å². The molecule has 3 heteroatoms. The van der Waals surface area contributed by atoms with Gasteiger partial charge >= 0.3 is 0 Å². The van der Waals surface area contributed by atoms with Crippen LogP contribution < -0.4 is 0 Å². The second kappa shape index (κ2) is 4.67. The van der Waals surface area contributed by atoms with Crippen molar-refractivity contribution >= 4 is 11.8 Å². The molecule has 1 N–H and O–H groups in total. The van der Waals surface area contributed by atoms with Gasteiger partial charge in [-0.2, -0.15) is 11.8 Å². The van der Waals surface area contributed by atoms with Gasteiger partial charge in [0, 0.05) is 18.6 Å². The molecule has 0 amide bonds. The number of aliphatic hydroxyl groups excluding tert-OH is 1. The summed E-state index contributed by atoms with van der Waals surface area (Å²) in [6.45, 7) is 7.47. The molecule has 0 spiro atoms. The summed E-state index contributed by atoms with van der Waals surface area (Å²) in [5.41, 5.74) is 0. The van der Waals surface area contributed by atoms with E-state index in [9.17, 15) is 5.11 Å². The molecule has 0 bridgehead atoms. The molecule has 13 heavy (non-hydrogen) atoms. The first-order valence-electron chi connectivity index (χ1n) is 5.00. The Kier molecular flexibility index (Phi) is 4.07. The van der Waals surface area contributed by atoms with Gasteiger partial charge < -0.3 is 5.11 Å². The molecule has 3 unspecified atom stereocenters. The van der Waals surface area contributed by atoms with Crippen LogP contribution in [-0.4, -0.2) is 46.7 Å². The molecule has 2 nitrogen and oxygen atoms in total. The van der Waals surface area contributed by atoms with Crippen molar-refractivity contribution in [1.82, 2.24) is 4.90 Å². The second-order valence-electron chi connectivity index (χ2n) is 4.24. The Morgan fingerprint density at radius 2 is 2.08 bits per heavy atom. The average Bonchev–Trinajstić information content (AvgIpc) is 1.94. The second-order valence-corrected chi connectivity index (χ2v) is 5.15. The van der Waals surface area contributed by atoms with E-state index in [1.54, 1.807) is 0 Å². The summed E-state index contributed by atoms with van der Waals surface area (Å²) in [6, 6.07) is 0.963. The van der Waals surface area contributed by atoms with Crippen LogP contribution in [0, 0.1) is 5.92 Å². The highest BCUT2D eigenvalue weighted by Gasteiger charge is 2.42. The van der Waals surface area contributed by atoms with E-state index in [0.29, 0.717) is 18.0 Å². The van der Waals surface area contributed by atoms with Crippen molar-refractivity contribution in [2.75, 3.05) is 18.6 Å². The van der Waals surface area contributed by atoms with Crippen molar-refractivity contribution in [2.45, 2.75) is 39.0 Å². The van der Waals surface area contributed by atoms with E-state index in [2.05, 4.69) is 25.0 Å². The Bertz CT molecular complexity index is 161. The standard InChI is InChI=1S/C10H21NOS/c1-7(2)11-5-9(6-13-4)10(11)8(3)12/h7-10,12H,5-6H2,1-4H3. The highest BCUT2D eigenvalue weighted by atomic mass is 32.2. The third-order valence-electron chi connectivity index (χ3n) is 2.85. The summed E-state index contributed by atoms with van der Waals surface area (Å²) in [5.74, 6) is 1.87. The summed E-state index contributed by atoms with van der Waals surface area (Å²) in [6.07, 6.45) is 1.95. The van der Waals surface area contributed by atoms with Gasteiger partial charge in [0.15, 0.2) is 0 Å². The summed E-state index contributed by atoms with van der Waals surface area (Å²) in [4.78, 5) is 2.39. The average molecular weight is 203 g/mol. The van der Waals surface area contributed by atoms with Crippen LogP contribution in [0.3, 0.4) is 0 Å². The number of likely N-dealkylation sites (tertiary alicyclic amines) is 1. The van der Waals surface area contributed by atoms with Gasteiger partial charge in [-0.3, -0.25) is 4.90 Å². The fourth-order valence-electron chi connectivity index (χ4n) is 2.22. The van der Waals surface area contributed by atoms with Gasteiger partial charge in [0.1, 0.15) is 0 Å². The Morgan fingerprint density at radius 1 is 1.46 bits per heavy atom. The lowest BCUT2D eigenvalue weighted by molar-refractivity contribution is -0.0666. The van der Waals surface area contributed by atoms with Crippen LogP contribution in [0.2, 0.25) is 0 Å². The maximum atomic E-state index is 9.64. The zero-order chi connectivity index (χ0) is 10.0. The summed E-state index contributed by atoms with van der Waals surface area (Å²) >= 11 is 1.88. The van der Waals surface area contributed by atoms with Gasteiger partial charge in [-0.15, -0.1) is 0 Å². The third-order valence-corrected chi connectivity index (χ3v) is 3.61. The van der Waals surface area contributed by atoms with Gasteiger partial charge in [-0.05, 0) is 38.7 Å². The van der Waals surface area contributed by atoms with Crippen LogP contribution in [-0.2, 0) is 0 Å². The number of hydrogen-bond acceptors (Lipinski definition) is 3. The molecule has 1 rings (SSSR count). The minimum atomic E-state index is -0.187. The lowest BCUT2D eigenvalue weighted by Crippen LogP contribution is -2.63. The Hall–Kier alpha value is 0.270. The predicted octanol–water partition coefficient (Wildman–Crippen LogP) is 1.44. The first kappa shape index (κ1) is 11.3. The van der Waals surface area contributed by atoms with Crippen LogP contribution in [0.1, 0.15) is 20.8 Å². The van der Waals surface area contributed by atoms with Crippen molar-refractivity contribution in [3.05, 3.63) is 0 Å². The van der Waals surface area contributed by atoms with E-state index in [1.165, 1.54) is 5.75 Å². The highest BCUT2D eigenvalue weighted by molar-refractivity contribution is 7.98. The minimum Gasteiger partial charge on any atom is -0.392 e. The van der Waals surface area contributed by atoms with Gasteiger partial charge in [-0.25, -0.2) is 0 Å². The monoisotopic (exact) mass is 203 g/mol. The van der Waals surface area contributed by atoms with Crippen LogP contribution >= 0.6 is 11.8 Å². The van der Waals surface area contributed by atoms with Crippen molar-refractivity contribution in [3.8, 4) is 0 Å². The number of rotatable bonds is 4. The molecule has 3 atom stereocenters. The Labute approximate surface area is 85.7 Å². The maximum Gasteiger partial charge on any atom is 0.0670 e. The molecule has 0 aromatic rings. The number of nitrogens with zero attached hydrogens (tertiary/aromatic N) is 1. The first-order valence-corrected chi connectivity index (χ1v) is 6.40. The van der Waals surface area contributed by atoms with Crippen molar-refractivity contribution in [1.29, 1.82) is 0 Å². The third kappa shape index (κ3) is 2.39. The van der Waals surface area contributed by atoms with Gasteiger partial charge in [0.2, 0.25) is 0 Å². The van der Waals surface area contributed by atoms with Crippen molar-refractivity contribution < 1.29 is 5.11 Å². The summed E-state index contributed by atoms with van der Waals surface area (Å²) in [7, 11) is 0. The summed E-state index contributed by atoms with van der Waals surface area (Å²) in [5, 5.41) is 9.64. The normalized spacial score (nSPS) is 31.8. The van der Waals surface area contributed by atoms with Crippen LogP contribution in [0.4, 0.5) is 0 Å². The molecule has 0 aliphatic carbocycles. The van der Waals surface area contributed by atoms with E-state index >= 15 is 0 Å². The maximum absolute atomic E-state index is 9.64. The molecule has 1 heterocycles. The molecular weight excluding hydrogens is 182 g/mol. The molecule has 1 aliphatic rings. The Balaban J connectivity index is 2.47. The molecule has 0 aromatic carbocycles. The van der Waals surface area contributed by atoms with Crippen molar-refractivity contribution in [2.24, 2.45) is 5.92 Å². The molecular formula is C10H21NOS. The molecule has 0 saturated carbocycles. The summed E-state index contributed by atoms with van der Waals surface area (Å²) < 4.78 is 0. The Morgan fingerprint density at radius 3 is 2.46 bits per heavy atom. The highest BCUT2D eigenvalue weighted by Crippen LogP contribution is 2.31. The smallest absolute Gasteiger partial charge is 0.0670 e. The molecule has 1 aliphatic heterocycles. The van der Waals surface area contributed by atoms with Gasteiger partial charge in [0.25, 0.3) is 0 Å². The first-order chi connectivity index (χ1) is 6.07. The molecule has 78 valence electrons. The van der Waals surface area contributed by atoms with E-state index in [0.717, 1.165) is 6.54 Å². The fourth-order valence-corrected chi connectivity index (χ4v) is 2.96. The van der Waals surface area contributed by atoms with Crippen LogP contribution in [0.15, 0.2) is 0 Å².